The van der Waals surface area contributed by atoms with E-state index in [1.54, 1.807) is 6.92 Å². The molecule has 1 fully saturated rings. The highest BCUT2D eigenvalue weighted by Gasteiger charge is 2.22. The van der Waals surface area contributed by atoms with Crippen molar-refractivity contribution in [1.82, 2.24) is 20.4 Å². The maximum Gasteiger partial charge on any atom is 0.255 e. The monoisotopic (exact) mass is 345 g/mol. The summed E-state index contributed by atoms with van der Waals surface area (Å²) in [5.74, 6) is -0.513. The van der Waals surface area contributed by atoms with E-state index in [0.717, 1.165) is 37.4 Å². The van der Waals surface area contributed by atoms with Crippen LogP contribution < -0.4 is 10.2 Å². The van der Waals surface area contributed by atoms with Gasteiger partial charge in [-0.15, -0.1) is 0 Å². The molecule has 1 atom stereocenters. The summed E-state index contributed by atoms with van der Waals surface area (Å²) in [6.45, 7) is 7.37. The molecule has 1 aromatic carbocycles. The second kappa shape index (κ2) is 7.23. The molecule has 134 valence electrons. The SMILES string of the molecule is Cc1[nH]ncc1C(=O)N[C@H](C)c1cc(F)ccc1N1CCN(C)CC1. The number of hydrogen-bond acceptors (Lipinski definition) is 4. The van der Waals surface area contributed by atoms with Crippen molar-refractivity contribution in [2.45, 2.75) is 19.9 Å². The van der Waals surface area contributed by atoms with Crippen LogP contribution in [0.15, 0.2) is 24.4 Å². The summed E-state index contributed by atoms with van der Waals surface area (Å²) < 4.78 is 13.9. The molecule has 25 heavy (non-hydrogen) atoms. The van der Waals surface area contributed by atoms with Gasteiger partial charge >= 0.3 is 0 Å². The number of nitrogens with one attached hydrogen (secondary N) is 2. The van der Waals surface area contributed by atoms with Gasteiger partial charge in [0.2, 0.25) is 0 Å². The number of H-pyrrole nitrogens is 1. The van der Waals surface area contributed by atoms with E-state index < -0.39 is 0 Å². The van der Waals surface area contributed by atoms with E-state index in [1.165, 1.54) is 18.3 Å². The Morgan fingerprint density at radius 2 is 2.04 bits per heavy atom. The molecule has 2 N–H and O–H groups in total. The average molecular weight is 345 g/mol. The molecule has 3 rings (SSSR count). The highest BCUT2D eigenvalue weighted by atomic mass is 19.1. The van der Waals surface area contributed by atoms with Gasteiger partial charge in [0.1, 0.15) is 5.82 Å². The molecule has 0 spiro atoms. The molecular formula is C18H24FN5O. The third-order valence-corrected chi connectivity index (χ3v) is 4.72. The zero-order valence-corrected chi connectivity index (χ0v) is 14.8. The molecular weight excluding hydrogens is 321 g/mol. The maximum atomic E-state index is 13.9. The Labute approximate surface area is 147 Å². The number of amides is 1. The zero-order chi connectivity index (χ0) is 18.0. The third kappa shape index (κ3) is 3.82. The van der Waals surface area contributed by atoms with E-state index in [1.807, 2.05) is 13.0 Å². The number of halogens is 1. The second-order valence-electron chi connectivity index (χ2n) is 6.60. The summed E-state index contributed by atoms with van der Waals surface area (Å²) in [6.07, 6.45) is 1.50. The normalized spacial score (nSPS) is 16.7. The van der Waals surface area contributed by atoms with Crippen LogP contribution in [0.3, 0.4) is 0 Å². The first kappa shape index (κ1) is 17.4. The lowest BCUT2D eigenvalue weighted by Crippen LogP contribution is -2.45. The van der Waals surface area contributed by atoms with E-state index >= 15 is 0 Å². The van der Waals surface area contributed by atoms with Crippen LogP contribution in [0.5, 0.6) is 0 Å². The van der Waals surface area contributed by atoms with Crippen molar-refractivity contribution in [3.8, 4) is 0 Å². The fourth-order valence-electron chi connectivity index (χ4n) is 3.14. The van der Waals surface area contributed by atoms with Gasteiger partial charge in [-0.3, -0.25) is 9.89 Å². The molecule has 0 radical (unpaired) electrons. The predicted molar refractivity (Wildman–Crippen MR) is 95.3 cm³/mol. The molecule has 1 saturated heterocycles. The highest BCUT2D eigenvalue weighted by molar-refractivity contribution is 5.95. The number of carbonyl (C=O) groups excluding carboxylic acids is 1. The molecule has 7 heteroatoms. The van der Waals surface area contributed by atoms with Crippen LogP contribution in [-0.2, 0) is 0 Å². The lowest BCUT2D eigenvalue weighted by Gasteiger charge is -2.36. The Kier molecular flexibility index (Phi) is 5.03. The number of piperazine rings is 1. The fraction of sp³-hybridized carbons (Fsp3) is 0.444. The molecule has 0 saturated carbocycles. The number of aryl methyl sites for hydroxylation is 1. The van der Waals surface area contributed by atoms with Crippen LogP contribution in [0.1, 0.15) is 34.6 Å². The van der Waals surface area contributed by atoms with Crippen molar-refractivity contribution in [1.29, 1.82) is 0 Å². The number of benzene rings is 1. The van der Waals surface area contributed by atoms with Crippen LogP contribution in [0.4, 0.5) is 10.1 Å². The van der Waals surface area contributed by atoms with Gasteiger partial charge in [0, 0.05) is 43.1 Å². The zero-order valence-electron chi connectivity index (χ0n) is 14.8. The summed E-state index contributed by atoms with van der Waals surface area (Å²) in [4.78, 5) is 17.0. The molecule has 2 aromatic rings. The first-order chi connectivity index (χ1) is 12.0. The number of likely N-dealkylation sites (N-methyl/N-ethyl adjacent to an activating group) is 1. The Balaban J connectivity index is 1.81. The van der Waals surface area contributed by atoms with Gasteiger partial charge in [0.25, 0.3) is 5.91 Å². The van der Waals surface area contributed by atoms with Crippen molar-refractivity contribution in [3.63, 3.8) is 0 Å². The Morgan fingerprint density at radius 1 is 1.32 bits per heavy atom. The minimum Gasteiger partial charge on any atom is -0.369 e. The number of rotatable bonds is 4. The second-order valence-corrected chi connectivity index (χ2v) is 6.60. The van der Waals surface area contributed by atoms with E-state index in [2.05, 4.69) is 32.4 Å². The van der Waals surface area contributed by atoms with Crippen molar-refractivity contribution in [2.75, 3.05) is 38.1 Å². The van der Waals surface area contributed by atoms with Gasteiger partial charge in [0.05, 0.1) is 17.8 Å². The van der Waals surface area contributed by atoms with Crippen LogP contribution >= 0.6 is 0 Å². The lowest BCUT2D eigenvalue weighted by molar-refractivity contribution is 0.0939. The van der Waals surface area contributed by atoms with Crippen LogP contribution in [-0.4, -0.2) is 54.2 Å². The third-order valence-electron chi connectivity index (χ3n) is 4.72. The highest BCUT2D eigenvalue weighted by Crippen LogP contribution is 2.28. The van der Waals surface area contributed by atoms with Crippen molar-refractivity contribution in [3.05, 3.63) is 47.0 Å². The van der Waals surface area contributed by atoms with Gasteiger partial charge < -0.3 is 15.1 Å². The van der Waals surface area contributed by atoms with Crippen molar-refractivity contribution >= 4 is 11.6 Å². The first-order valence-electron chi connectivity index (χ1n) is 8.49. The van der Waals surface area contributed by atoms with Crippen LogP contribution in [0, 0.1) is 12.7 Å². The molecule has 0 aliphatic carbocycles. The Hall–Kier alpha value is -2.41. The largest absolute Gasteiger partial charge is 0.369 e. The number of aromatic amines is 1. The number of nitrogens with zero attached hydrogens (tertiary/aromatic N) is 3. The van der Waals surface area contributed by atoms with E-state index in [-0.39, 0.29) is 17.8 Å². The minimum atomic E-state index is -0.313. The number of aromatic nitrogens is 2. The molecule has 1 aliphatic heterocycles. The molecule has 2 heterocycles. The predicted octanol–water partition coefficient (Wildman–Crippen LogP) is 2.10. The van der Waals surface area contributed by atoms with E-state index in [0.29, 0.717) is 11.3 Å². The Bertz CT molecular complexity index is 752. The molecule has 0 unspecified atom stereocenters. The van der Waals surface area contributed by atoms with Gasteiger partial charge in [-0.05, 0) is 39.1 Å². The Morgan fingerprint density at radius 3 is 2.68 bits per heavy atom. The van der Waals surface area contributed by atoms with Crippen LogP contribution in [0.2, 0.25) is 0 Å². The smallest absolute Gasteiger partial charge is 0.255 e. The average Bonchev–Trinajstić information content (AvgIpc) is 3.02. The summed E-state index contributed by atoms with van der Waals surface area (Å²) in [7, 11) is 2.10. The van der Waals surface area contributed by atoms with Crippen molar-refractivity contribution in [2.24, 2.45) is 0 Å². The molecule has 1 aromatic heterocycles. The number of hydrogen-bond donors (Lipinski definition) is 2. The molecule has 1 aliphatic rings. The number of anilines is 1. The first-order valence-corrected chi connectivity index (χ1v) is 8.49. The van der Waals surface area contributed by atoms with E-state index in [9.17, 15) is 9.18 Å². The van der Waals surface area contributed by atoms with Crippen LogP contribution in [0.25, 0.3) is 0 Å². The van der Waals surface area contributed by atoms with Gasteiger partial charge in [-0.1, -0.05) is 0 Å². The summed E-state index contributed by atoms with van der Waals surface area (Å²) >= 11 is 0. The number of carbonyl (C=O) groups is 1. The summed E-state index contributed by atoms with van der Waals surface area (Å²) in [5.41, 5.74) is 2.98. The van der Waals surface area contributed by atoms with E-state index in [4.69, 9.17) is 0 Å². The lowest BCUT2D eigenvalue weighted by atomic mass is 10.0. The van der Waals surface area contributed by atoms with Crippen molar-refractivity contribution < 1.29 is 9.18 Å². The van der Waals surface area contributed by atoms with Gasteiger partial charge in [-0.25, -0.2) is 4.39 Å². The maximum absolute atomic E-state index is 13.9. The van der Waals surface area contributed by atoms with Gasteiger partial charge in [-0.2, -0.15) is 5.10 Å². The standard InChI is InChI=1S/C18H24FN5O/c1-12(21-18(25)16-11-20-22-13(16)2)15-10-14(19)4-5-17(15)24-8-6-23(3)7-9-24/h4-5,10-12H,6-9H2,1-3H3,(H,20,22)(H,21,25)/t12-/m1/s1. The minimum absolute atomic E-state index is 0.215. The summed E-state index contributed by atoms with van der Waals surface area (Å²) in [6, 6.07) is 4.49. The topological polar surface area (TPSA) is 64.3 Å². The quantitative estimate of drug-likeness (QED) is 0.891. The molecule has 6 nitrogen and oxygen atoms in total. The molecule has 0 bridgehead atoms. The molecule has 1 amide bonds. The van der Waals surface area contributed by atoms with Gasteiger partial charge in [0.15, 0.2) is 0 Å². The fourth-order valence-corrected chi connectivity index (χ4v) is 3.14. The summed E-state index contributed by atoms with van der Waals surface area (Å²) in [5, 5.41) is 9.58.